The Morgan fingerprint density at radius 3 is 2.72 bits per heavy atom. The number of fused-ring (bicyclic) bond motifs is 1. The minimum absolute atomic E-state index is 0.210. The van der Waals surface area contributed by atoms with E-state index in [0.29, 0.717) is 27.1 Å². The second kappa shape index (κ2) is 8.13. The number of halogens is 1. The molecule has 3 aromatic heterocycles. The van der Waals surface area contributed by atoms with Gasteiger partial charge in [-0.15, -0.1) is 15.3 Å². The number of aryl methyl sites for hydroxylation is 1. The standard InChI is InChI=1S/C21H16ClN7O2S/c1-3-17-24-26-21(32-17)23-20(30)18-11(2)29(28-25-18)14-8-9-16-15(10-14)19(31-27-16)12-4-6-13(22)7-5-12/h4-10H,3H2,1-2H3,(H,23,26,30). The maximum atomic E-state index is 12.7. The van der Waals surface area contributed by atoms with E-state index in [-0.39, 0.29) is 11.6 Å². The third-order valence-corrected chi connectivity index (χ3v) is 6.15. The summed E-state index contributed by atoms with van der Waals surface area (Å²) in [5.41, 5.74) is 3.09. The lowest BCUT2D eigenvalue weighted by molar-refractivity contribution is 0.102. The predicted molar refractivity (Wildman–Crippen MR) is 121 cm³/mol. The molecule has 0 fully saturated rings. The van der Waals surface area contributed by atoms with Gasteiger partial charge in [0.2, 0.25) is 5.13 Å². The lowest BCUT2D eigenvalue weighted by Crippen LogP contribution is -2.14. The molecule has 3 heterocycles. The Balaban J connectivity index is 1.48. The van der Waals surface area contributed by atoms with Crippen molar-refractivity contribution in [1.29, 1.82) is 0 Å². The minimum atomic E-state index is -0.388. The second-order valence-corrected chi connectivity index (χ2v) is 8.46. The number of anilines is 1. The van der Waals surface area contributed by atoms with Crippen molar-refractivity contribution in [3.05, 3.63) is 63.9 Å². The van der Waals surface area contributed by atoms with E-state index in [4.69, 9.17) is 16.1 Å². The van der Waals surface area contributed by atoms with Crippen molar-refractivity contribution < 1.29 is 9.32 Å². The van der Waals surface area contributed by atoms with Crippen LogP contribution in [0.4, 0.5) is 5.13 Å². The summed E-state index contributed by atoms with van der Waals surface area (Å²) in [6.45, 7) is 3.76. The molecular formula is C21H16ClN7O2S. The van der Waals surface area contributed by atoms with Gasteiger partial charge in [-0.3, -0.25) is 10.1 Å². The normalized spacial score (nSPS) is 11.2. The van der Waals surface area contributed by atoms with Crippen molar-refractivity contribution in [2.45, 2.75) is 20.3 Å². The molecule has 0 spiro atoms. The number of hydrogen-bond acceptors (Lipinski definition) is 8. The van der Waals surface area contributed by atoms with E-state index < -0.39 is 0 Å². The molecule has 5 rings (SSSR count). The van der Waals surface area contributed by atoms with E-state index in [1.807, 2.05) is 37.3 Å². The smallest absolute Gasteiger partial charge is 0.279 e. The maximum Gasteiger partial charge on any atom is 0.279 e. The Labute approximate surface area is 191 Å². The van der Waals surface area contributed by atoms with Crippen LogP contribution in [0.3, 0.4) is 0 Å². The minimum Gasteiger partial charge on any atom is -0.355 e. The van der Waals surface area contributed by atoms with Gasteiger partial charge in [-0.2, -0.15) is 0 Å². The number of nitrogens with one attached hydrogen (secondary N) is 1. The van der Waals surface area contributed by atoms with Crippen LogP contribution < -0.4 is 5.32 Å². The first-order valence-electron chi connectivity index (χ1n) is 9.75. The number of hydrogen-bond donors (Lipinski definition) is 1. The molecule has 0 atom stereocenters. The molecule has 0 unspecified atom stereocenters. The predicted octanol–water partition coefficient (Wildman–Crippen LogP) is 4.70. The molecule has 9 nitrogen and oxygen atoms in total. The van der Waals surface area contributed by atoms with Gasteiger partial charge in [-0.1, -0.05) is 40.2 Å². The molecule has 32 heavy (non-hydrogen) atoms. The molecule has 1 amide bonds. The Bertz CT molecular complexity index is 1440. The monoisotopic (exact) mass is 465 g/mol. The lowest BCUT2D eigenvalue weighted by Gasteiger charge is -2.04. The number of nitrogens with zero attached hydrogens (tertiary/aromatic N) is 6. The first kappa shape index (κ1) is 20.3. The summed E-state index contributed by atoms with van der Waals surface area (Å²) in [6.07, 6.45) is 0.756. The van der Waals surface area contributed by atoms with E-state index >= 15 is 0 Å². The van der Waals surface area contributed by atoms with E-state index in [1.165, 1.54) is 11.3 Å². The topological polar surface area (TPSA) is 112 Å². The Hall–Kier alpha value is -3.63. The fourth-order valence-corrected chi connectivity index (χ4v) is 4.06. The highest BCUT2D eigenvalue weighted by Gasteiger charge is 2.20. The summed E-state index contributed by atoms with van der Waals surface area (Å²) in [7, 11) is 0. The third-order valence-electron chi connectivity index (χ3n) is 4.91. The molecule has 0 aliphatic rings. The second-order valence-electron chi connectivity index (χ2n) is 6.96. The van der Waals surface area contributed by atoms with Gasteiger partial charge in [0.15, 0.2) is 11.5 Å². The van der Waals surface area contributed by atoms with E-state index in [0.717, 1.165) is 28.1 Å². The first-order valence-corrected chi connectivity index (χ1v) is 10.9. The van der Waals surface area contributed by atoms with Crippen LogP contribution in [0.15, 0.2) is 47.0 Å². The zero-order valence-electron chi connectivity index (χ0n) is 17.0. The van der Waals surface area contributed by atoms with Crippen LogP contribution in [-0.4, -0.2) is 36.3 Å². The van der Waals surface area contributed by atoms with Gasteiger partial charge < -0.3 is 4.52 Å². The van der Waals surface area contributed by atoms with E-state index in [1.54, 1.807) is 23.7 Å². The molecule has 0 aliphatic carbocycles. The molecule has 0 radical (unpaired) electrons. The maximum absolute atomic E-state index is 12.7. The van der Waals surface area contributed by atoms with Gasteiger partial charge in [-0.25, -0.2) is 4.68 Å². The van der Waals surface area contributed by atoms with Gasteiger partial charge in [-0.05, 0) is 55.8 Å². The fraction of sp³-hybridized carbons (Fsp3) is 0.143. The summed E-state index contributed by atoms with van der Waals surface area (Å²) in [4.78, 5) is 12.7. The van der Waals surface area contributed by atoms with Crippen molar-refractivity contribution in [1.82, 2.24) is 30.3 Å². The number of benzene rings is 2. The molecule has 1 N–H and O–H groups in total. The SMILES string of the molecule is CCc1nnc(NC(=O)c2nnn(-c3ccc4noc(-c5ccc(Cl)cc5)c4c3)c2C)s1. The average Bonchev–Trinajstić information content (AvgIpc) is 3.52. The Morgan fingerprint density at radius 1 is 1.16 bits per heavy atom. The van der Waals surface area contributed by atoms with Gasteiger partial charge in [0.1, 0.15) is 10.5 Å². The molecule has 0 saturated heterocycles. The number of carbonyl (C=O) groups excluding carboxylic acids is 1. The fourth-order valence-electron chi connectivity index (χ4n) is 3.26. The highest BCUT2D eigenvalue weighted by molar-refractivity contribution is 7.15. The van der Waals surface area contributed by atoms with Gasteiger partial charge >= 0.3 is 0 Å². The average molecular weight is 466 g/mol. The largest absolute Gasteiger partial charge is 0.355 e. The van der Waals surface area contributed by atoms with Crippen LogP contribution in [0.2, 0.25) is 5.02 Å². The summed E-state index contributed by atoms with van der Waals surface area (Å²) in [5.74, 6) is 0.234. The van der Waals surface area contributed by atoms with Crippen LogP contribution >= 0.6 is 22.9 Å². The highest BCUT2D eigenvalue weighted by atomic mass is 35.5. The highest BCUT2D eigenvalue weighted by Crippen LogP contribution is 2.31. The van der Waals surface area contributed by atoms with Crippen LogP contribution in [0, 0.1) is 6.92 Å². The van der Waals surface area contributed by atoms with Crippen LogP contribution in [0.5, 0.6) is 0 Å². The number of carbonyl (C=O) groups is 1. The molecule has 0 bridgehead atoms. The summed E-state index contributed by atoms with van der Waals surface area (Å²) >= 11 is 7.33. The summed E-state index contributed by atoms with van der Waals surface area (Å²) < 4.78 is 7.17. The van der Waals surface area contributed by atoms with Crippen LogP contribution in [-0.2, 0) is 6.42 Å². The first-order chi connectivity index (χ1) is 15.5. The molecule has 0 saturated carbocycles. The van der Waals surface area contributed by atoms with Gasteiger partial charge in [0, 0.05) is 10.6 Å². The van der Waals surface area contributed by atoms with Crippen LogP contribution in [0.1, 0.15) is 28.1 Å². The van der Waals surface area contributed by atoms with E-state index in [9.17, 15) is 4.79 Å². The lowest BCUT2D eigenvalue weighted by atomic mass is 10.1. The number of rotatable bonds is 5. The van der Waals surface area contributed by atoms with Crippen LogP contribution in [0.25, 0.3) is 27.9 Å². The van der Waals surface area contributed by atoms with E-state index in [2.05, 4.69) is 31.0 Å². The van der Waals surface area contributed by atoms with Gasteiger partial charge in [0.05, 0.1) is 16.8 Å². The molecule has 5 aromatic rings. The zero-order valence-corrected chi connectivity index (χ0v) is 18.6. The Kier molecular flexibility index (Phi) is 5.16. The summed E-state index contributed by atoms with van der Waals surface area (Å²) in [6, 6.07) is 12.9. The molecule has 160 valence electrons. The quantitative estimate of drug-likeness (QED) is 0.400. The molecule has 0 aliphatic heterocycles. The molecule has 2 aromatic carbocycles. The number of aromatic nitrogens is 6. The van der Waals surface area contributed by atoms with Crippen molar-refractivity contribution in [3.8, 4) is 17.0 Å². The molecule has 11 heteroatoms. The van der Waals surface area contributed by atoms with Crippen molar-refractivity contribution in [2.24, 2.45) is 0 Å². The Morgan fingerprint density at radius 2 is 1.97 bits per heavy atom. The summed E-state index contributed by atoms with van der Waals surface area (Å²) in [5, 5.41) is 25.8. The molecular weight excluding hydrogens is 450 g/mol. The zero-order chi connectivity index (χ0) is 22.2. The number of amides is 1. The van der Waals surface area contributed by atoms with Crippen molar-refractivity contribution in [3.63, 3.8) is 0 Å². The third kappa shape index (κ3) is 3.63. The van der Waals surface area contributed by atoms with Gasteiger partial charge in [0.25, 0.3) is 5.91 Å². The van der Waals surface area contributed by atoms with Crippen molar-refractivity contribution in [2.75, 3.05) is 5.32 Å². The van der Waals surface area contributed by atoms with Crippen molar-refractivity contribution >= 4 is 44.9 Å².